The van der Waals surface area contributed by atoms with Crippen molar-refractivity contribution in [1.29, 1.82) is 0 Å². The molecule has 7 nitrogen and oxygen atoms in total. The summed E-state index contributed by atoms with van der Waals surface area (Å²) < 4.78 is 42.2. The Morgan fingerprint density at radius 3 is 2.65 bits per heavy atom. The maximum absolute atomic E-state index is 13.7. The van der Waals surface area contributed by atoms with Crippen molar-refractivity contribution in [1.82, 2.24) is 19.8 Å². The van der Waals surface area contributed by atoms with E-state index in [1.54, 1.807) is 19.1 Å². The van der Waals surface area contributed by atoms with E-state index in [9.17, 15) is 13.2 Å². The Bertz CT molecular complexity index is 1350. The third kappa shape index (κ3) is 3.28. The molecule has 3 heterocycles. The Balaban J connectivity index is 1.75. The highest BCUT2D eigenvalue weighted by atomic mass is 32.3. The number of halogens is 1. The summed E-state index contributed by atoms with van der Waals surface area (Å²) in [5.74, 6) is 0.634. The molecule has 0 bridgehead atoms. The minimum Gasteiger partial charge on any atom is -0.604 e. The van der Waals surface area contributed by atoms with Crippen LogP contribution < -0.4 is 4.90 Å². The molecular formula is C22H22FN5O2S. The van der Waals surface area contributed by atoms with Gasteiger partial charge in [-0.1, -0.05) is 38.8 Å². The number of anilines is 1. The molecule has 0 radical (unpaired) electrons. The van der Waals surface area contributed by atoms with Crippen LogP contribution in [0.15, 0.2) is 52.4 Å². The maximum Gasteiger partial charge on any atom is 0.317 e. The van der Waals surface area contributed by atoms with Gasteiger partial charge in [0.2, 0.25) is 5.65 Å². The summed E-state index contributed by atoms with van der Waals surface area (Å²) in [5, 5.41) is 8.84. The first-order valence-electron chi connectivity index (χ1n) is 10.2. The largest absolute Gasteiger partial charge is 0.604 e. The lowest BCUT2D eigenvalue weighted by Crippen LogP contribution is -2.35. The van der Waals surface area contributed by atoms with E-state index < -0.39 is 16.4 Å². The van der Waals surface area contributed by atoms with Gasteiger partial charge in [-0.25, -0.2) is 9.37 Å². The number of piperidine rings is 1. The number of rotatable bonds is 3. The molecule has 0 spiro atoms. The summed E-state index contributed by atoms with van der Waals surface area (Å²) in [6, 6.07) is 12.8. The fourth-order valence-electron chi connectivity index (χ4n) is 4.10. The van der Waals surface area contributed by atoms with Crippen LogP contribution in [0, 0.1) is 13.8 Å². The number of nitrogens with zero attached hydrogens (tertiary/aromatic N) is 5. The molecular weight excluding hydrogens is 417 g/mol. The number of hydrogen-bond donors (Lipinski definition) is 0. The molecule has 2 aromatic heterocycles. The molecule has 31 heavy (non-hydrogen) atoms. The molecule has 1 fully saturated rings. The molecule has 0 amide bonds. The second-order valence-corrected chi connectivity index (χ2v) is 9.85. The highest BCUT2D eigenvalue weighted by molar-refractivity contribution is 7.97. The van der Waals surface area contributed by atoms with E-state index in [-0.39, 0.29) is 15.6 Å². The van der Waals surface area contributed by atoms with Gasteiger partial charge in [0.05, 0.1) is 5.52 Å². The summed E-state index contributed by atoms with van der Waals surface area (Å²) in [6.45, 7) is 4.65. The molecule has 0 aliphatic carbocycles. The first kappa shape index (κ1) is 20.0. The minimum atomic E-state index is -3.94. The summed E-state index contributed by atoms with van der Waals surface area (Å²) in [5.41, 5.74) is 2.36. The van der Waals surface area contributed by atoms with Gasteiger partial charge in [-0.15, -0.1) is 0 Å². The Hall–Kier alpha value is -2.91. The number of benzene rings is 2. The zero-order valence-corrected chi connectivity index (χ0v) is 18.1. The molecule has 2 aromatic carbocycles. The van der Waals surface area contributed by atoms with Crippen LogP contribution in [0.5, 0.6) is 0 Å². The molecule has 5 rings (SSSR count). The summed E-state index contributed by atoms with van der Waals surface area (Å²) in [6.07, 6.45) is 0.0294. The minimum absolute atomic E-state index is 0.173. The van der Waals surface area contributed by atoms with Gasteiger partial charge in [-0.3, -0.25) is 0 Å². The van der Waals surface area contributed by atoms with Crippen molar-refractivity contribution in [3.63, 3.8) is 0 Å². The van der Waals surface area contributed by atoms with Gasteiger partial charge < -0.3 is 9.45 Å². The number of sulfone groups is 1. The Kier molecular flexibility index (Phi) is 4.75. The SMILES string of the molecule is Cc1ccc(C)c([S+](=O)([O-])c2nnn3c2nc(N2CCC(F)CC2)c2ccccc23)c1. The number of aromatic nitrogens is 4. The quantitative estimate of drug-likeness (QED) is 0.450. The van der Waals surface area contributed by atoms with E-state index >= 15 is 0 Å². The molecule has 1 aliphatic heterocycles. The van der Waals surface area contributed by atoms with Crippen LogP contribution in [-0.4, -0.2) is 43.6 Å². The number of alkyl halides is 1. The Morgan fingerprint density at radius 2 is 1.87 bits per heavy atom. The second-order valence-electron chi connectivity index (χ2n) is 8.02. The molecule has 0 N–H and O–H groups in total. The average molecular weight is 440 g/mol. The number of aryl methyl sites for hydroxylation is 2. The van der Waals surface area contributed by atoms with E-state index in [1.807, 2.05) is 42.2 Å². The summed E-state index contributed by atoms with van der Waals surface area (Å²) >= 11 is 0. The molecule has 1 atom stereocenters. The third-order valence-corrected chi connectivity index (χ3v) is 7.61. The van der Waals surface area contributed by atoms with Crippen LogP contribution in [0.2, 0.25) is 0 Å². The first-order valence-corrected chi connectivity index (χ1v) is 11.7. The van der Waals surface area contributed by atoms with Crippen molar-refractivity contribution in [2.24, 2.45) is 0 Å². The van der Waals surface area contributed by atoms with Crippen LogP contribution in [0.25, 0.3) is 16.6 Å². The zero-order chi connectivity index (χ0) is 21.8. The van der Waals surface area contributed by atoms with E-state index in [1.165, 1.54) is 4.52 Å². The molecule has 1 unspecified atom stereocenters. The van der Waals surface area contributed by atoms with Crippen molar-refractivity contribution in [3.8, 4) is 0 Å². The van der Waals surface area contributed by atoms with Crippen molar-refractivity contribution < 1.29 is 13.2 Å². The van der Waals surface area contributed by atoms with E-state index in [2.05, 4.69) is 10.3 Å². The van der Waals surface area contributed by atoms with Crippen LogP contribution >= 0.6 is 0 Å². The second kappa shape index (κ2) is 7.35. The lowest BCUT2D eigenvalue weighted by Gasteiger charge is -2.30. The van der Waals surface area contributed by atoms with Gasteiger partial charge in [0.1, 0.15) is 22.2 Å². The van der Waals surface area contributed by atoms with Gasteiger partial charge in [0.15, 0.2) is 4.90 Å². The lowest BCUT2D eigenvalue weighted by molar-refractivity contribution is 0.277. The predicted octanol–water partition coefficient (Wildman–Crippen LogP) is 3.88. The Labute approximate surface area is 180 Å². The monoisotopic (exact) mass is 439 g/mol. The van der Waals surface area contributed by atoms with Gasteiger partial charge >= 0.3 is 5.03 Å². The summed E-state index contributed by atoms with van der Waals surface area (Å²) in [7, 11) is -3.94. The van der Waals surface area contributed by atoms with Gasteiger partial charge in [-0.05, 0) is 50.5 Å². The Morgan fingerprint density at radius 1 is 1.13 bits per heavy atom. The highest BCUT2D eigenvalue weighted by Gasteiger charge is 2.34. The molecule has 1 saturated heterocycles. The molecule has 1 aliphatic rings. The van der Waals surface area contributed by atoms with Gasteiger partial charge in [0, 0.05) is 24.0 Å². The third-order valence-electron chi connectivity index (χ3n) is 5.81. The van der Waals surface area contributed by atoms with Crippen molar-refractivity contribution in [3.05, 3.63) is 53.6 Å². The van der Waals surface area contributed by atoms with Crippen molar-refractivity contribution in [2.45, 2.75) is 42.8 Å². The zero-order valence-electron chi connectivity index (χ0n) is 17.3. The average Bonchev–Trinajstić information content (AvgIpc) is 3.20. The van der Waals surface area contributed by atoms with Crippen LogP contribution in [0.3, 0.4) is 0 Å². The molecule has 160 valence electrons. The topological polar surface area (TPSA) is 86.4 Å². The normalized spacial score (nSPS) is 17.4. The molecule has 9 heteroatoms. The standard InChI is InChI=1S/C22H22FN5O2S/c1-14-7-8-15(2)19(13-14)31(29,30)22-21-24-20(27-11-9-16(23)10-12-27)17-5-3-4-6-18(17)28(21)26-25-22/h3-8,13,16H,9-12H2,1-2H3. The fraction of sp³-hybridized carbons (Fsp3) is 0.318. The summed E-state index contributed by atoms with van der Waals surface area (Å²) in [4.78, 5) is 6.93. The van der Waals surface area contributed by atoms with Crippen LogP contribution in [0.4, 0.5) is 10.2 Å². The first-order chi connectivity index (χ1) is 14.9. The molecule has 4 aromatic rings. The van der Waals surface area contributed by atoms with Gasteiger partial charge in [-0.2, -0.15) is 4.52 Å². The predicted molar refractivity (Wildman–Crippen MR) is 116 cm³/mol. The van der Waals surface area contributed by atoms with E-state index in [4.69, 9.17) is 4.98 Å². The van der Waals surface area contributed by atoms with E-state index in [0.29, 0.717) is 42.8 Å². The fourth-order valence-corrected chi connectivity index (χ4v) is 5.66. The molecule has 0 saturated carbocycles. The lowest BCUT2D eigenvalue weighted by atomic mass is 10.1. The number of hydrogen-bond acceptors (Lipinski definition) is 6. The smallest absolute Gasteiger partial charge is 0.317 e. The van der Waals surface area contributed by atoms with Crippen molar-refractivity contribution >= 4 is 32.6 Å². The van der Waals surface area contributed by atoms with Crippen LogP contribution in [-0.2, 0) is 14.4 Å². The number of fused-ring (bicyclic) bond motifs is 3. The highest BCUT2D eigenvalue weighted by Crippen LogP contribution is 2.34. The van der Waals surface area contributed by atoms with Crippen LogP contribution in [0.1, 0.15) is 24.0 Å². The van der Waals surface area contributed by atoms with Crippen molar-refractivity contribution in [2.75, 3.05) is 18.0 Å². The van der Waals surface area contributed by atoms with Gasteiger partial charge in [0.25, 0.3) is 0 Å². The number of para-hydroxylation sites is 1. The maximum atomic E-state index is 13.7. The van der Waals surface area contributed by atoms with E-state index in [0.717, 1.165) is 10.9 Å².